The second-order valence-electron chi connectivity index (χ2n) is 9.67. The van der Waals surface area contributed by atoms with Crippen LogP contribution in [0.1, 0.15) is 50.4 Å². The Labute approximate surface area is 203 Å². The third-order valence-electron chi connectivity index (χ3n) is 5.79. The fourth-order valence-corrected chi connectivity index (χ4v) is 4.07. The molecule has 3 aromatic rings. The normalized spacial score (nSPS) is 14.5. The van der Waals surface area contributed by atoms with Crippen molar-refractivity contribution in [2.45, 2.75) is 45.6 Å². The number of nitrogens with one attached hydrogen (secondary N) is 2. The Kier molecular flexibility index (Phi) is 7.04. The SMILES string of the molecule is CC(C)(C)OC(=O)N1CCC(CC(=O)NNC(=O)c2cc(-c3ccco3)nc3ccccc23)CC1. The minimum absolute atomic E-state index is 0.123. The molecule has 9 heteroatoms. The molecule has 1 aliphatic rings. The van der Waals surface area contributed by atoms with Crippen LogP contribution in [0.4, 0.5) is 4.79 Å². The monoisotopic (exact) mass is 478 g/mol. The van der Waals surface area contributed by atoms with Crippen molar-refractivity contribution in [1.29, 1.82) is 0 Å². The first-order valence-corrected chi connectivity index (χ1v) is 11.7. The van der Waals surface area contributed by atoms with E-state index in [1.165, 1.54) is 0 Å². The number of fused-ring (bicyclic) bond motifs is 1. The Balaban J connectivity index is 1.33. The Hall–Kier alpha value is -3.88. The van der Waals surface area contributed by atoms with Gasteiger partial charge in [-0.3, -0.25) is 20.4 Å². The Morgan fingerprint density at radius 1 is 1.09 bits per heavy atom. The molecule has 4 rings (SSSR count). The Bertz CT molecular complexity index is 1210. The van der Waals surface area contributed by atoms with Gasteiger partial charge in [0, 0.05) is 24.9 Å². The lowest BCUT2D eigenvalue weighted by Gasteiger charge is -2.33. The molecule has 1 aromatic carbocycles. The predicted octanol–water partition coefficient (Wildman–Crippen LogP) is 4.29. The number of likely N-dealkylation sites (tertiary alicyclic amines) is 1. The molecule has 0 spiro atoms. The number of pyridine rings is 1. The van der Waals surface area contributed by atoms with Gasteiger partial charge in [-0.15, -0.1) is 0 Å². The van der Waals surface area contributed by atoms with Gasteiger partial charge in [-0.2, -0.15) is 0 Å². The van der Waals surface area contributed by atoms with E-state index in [2.05, 4.69) is 15.8 Å². The molecule has 1 fully saturated rings. The number of carbonyl (C=O) groups is 3. The van der Waals surface area contributed by atoms with Gasteiger partial charge in [0.05, 0.1) is 17.3 Å². The predicted molar refractivity (Wildman–Crippen MR) is 130 cm³/mol. The average Bonchev–Trinajstić information content (AvgIpc) is 3.36. The molecule has 0 unspecified atom stereocenters. The van der Waals surface area contributed by atoms with Gasteiger partial charge in [-0.25, -0.2) is 9.78 Å². The second-order valence-corrected chi connectivity index (χ2v) is 9.67. The zero-order valence-electron chi connectivity index (χ0n) is 20.2. The number of benzene rings is 1. The van der Waals surface area contributed by atoms with Crippen LogP contribution in [0.15, 0.2) is 53.1 Å². The summed E-state index contributed by atoms with van der Waals surface area (Å²) in [5.41, 5.74) is 6.07. The fraction of sp³-hybridized carbons (Fsp3) is 0.385. The van der Waals surface area contributed by atoms with E-state index in [1.807, 2.05) is 45.0 Å². The van der Waals surface area contributed by atoms with Crippen molar-refractivity contribution in [1.82, 2.24) is 20.7 Å². The van der Waals surface area contributed by atoms with Crippen LogP contribution in [0, 0.1) is 5.92 Å². The second kappa shape index (κ2) is 10.2. The van der Waals surface area contributed by atoms with Crippen molar-refractivity contribution in [3.63, 3.8) is 0 Å². The van der Waals surface area contributed by atoms with E-state index in [9.17, 15) is 14.4 Å². The molecule has 184 valence electrons. The van der Waals surface area contributed by atoms with Crippen LogP contribution in [0.25, 0.3) is 22.4 Å². The number of rotatable bonds is 4. The molecule has 1 aliphatic heterocycles. The highest BCUT2D eigenvalue weighted by molar-refractivity contribution is 6.07. The number of carbonyl (C=O) groups excluding carboxylic acids is 3. The summed E-state index contributed by atoms with van der Waals surface area (Å²) >= 11 is 0. The Morgan fingerprint density at radius 3 is 2.51 bits per heavy atom. The van der Waals surface area contributed by atoms with E-state index >= 15 is 0 Å². The van der Waals surface area contributed by atoms with Crippen LogP contribution >= 0.6 is 0 Å². The number of aromatic nitrogens is 1. The van der Waals surface area contributed by atoms with Crippen LogP contribution in [-0.2, 0) is 9.53 Å². The van der Waals surface area contributed by atoms with E-state index in [1.54, 1.807) is 29.4 Å². The molecule has 0 atom stereocenters. The lowest BCUT2D eigenvalue weighted by Crippen LogP contribution is -2.44. The molecule has 2 N–H and O–H groups in total. The first-order valence-electron chi connectivity index (χ1n) is 11.7. The summed E-state index contributed by atoms with van der Waals surface area (Å²) in [6.07, 6.45) is 2.87. The van der Waals surface area contributed by atoms with Crippen LogP contribution in [0.2, 0.25) is 0 Å². The van der Waals surface area contributed by atoms with Gasteiger partial charge >= 0.3 is 6.09 Å². The fourth-order valence-electron chi connectivity index (χ4n) is 4.07. The molecular formula is C26H30N4O5. The van der Waals surface area contributed by atoms with Crippen LogP contribution in [0.5, 0.6) is 0 Å². The zero-order valence-corrected chi connectivity index (χ0v) is 20.2. The van der Waals surface area contributed by atoms with Gasteiger partial charge in [-0.05, 0) is 63.8 Å². The lowest BCUT2D eigenvalue weighted by molar-refractivity contribution is -0.123. The number of hydrogen-bond acceptors (Lipinski definition) is 6. The van der Waals surface area contributed by atoms with Gasteiger partial charge in [0.2, 0.25) is 5.91 Å². The van der Waals surface area contributed by atoms with Crippen LogP contribution < -0.4 is 10.9 Å². The molecule has 2 aromatic heterocycles. The maximum atomic E-state index is 13.0. The number of hydrazine groups is 1. The summed E-state index contributed by atoms with van der Waals surface area (Å²) < 4.78 is 10.8. The molecule has 1 saturated heterocycles. The molecule has 0 radical (unpaired) electrons. The maximum Gasteiger partial charge on any atom is 0.410 e. The van der Waals surface area contributed by atoms with E-state index in [-0.39, 0.29) is 24.3 Å². The lowest BCUT2D eigenvalue weighted by atomic mass is 9.93. The van der Waals surface area contributed by atoms with Crippen LogP contribution in [0.3, 0.4) is 0 Å². The minimum Gasteiger partial charge on any atom is -0.463 e. The number of amides is 3. The molecule has 0 bridgehead atoms. The highest BCUT2D eigenvalue weighted by atomic mass is 16.6. The first kappa shape index (κ1) is 24.3. The van der Waals surface area contributed by atoms with Crippen molar-refractivity contribution in [3.05, 3.63) is 54.3 Å². The summed E-state index contributed by atoms with van der Waals surface area (Å²) in [6, 6.07) is 12.5. The van der Waals surface area contributed by atoms with Gasteiger partial charge in [0.25, 0.3) is 5.91 Å². The third kappa shape index (κ3) is 6.17. The van der Waals surface area contributed by atoms with Crippen molar-refractivity contribution in [3.8, 4) is 11.5 Å². The van der Waals surface area contributed by atoms with Crippen molar-refractivity contribution in [2.24, 2.45) is 5.92 Å². The van der Waals surface area contributed by atoms with E-state index in [4.69, 9.17) is 9.15 Å². The first-order chi connectivity index (χ1) is 16.7. The van der Waals surface area contributed by atoms with Gasteiger partial charge < -0.3 is 14.1 Å². The summed E-state index contributed by atoms with van der Waals surface area (Å²) in [7, 11) is 0. The van der Waals surface area contributed by atoms with Crippen molar-refractivity contribution < 1.29 is 23.5 Å². The highest BCUT2D eigenvalue weighted by Crippen LogP contribution is 2.25. The molecular weight excluding hydrogens is 448 g/mol. The highest BCUT2D eigenvalue weighted by Gasteiger charge is 2.28. The summed E-state index contributed by atoms with van der Waals surface area (Å²) in [5.74, 6) is -0.0485. The Morgan fingerprint density at radius 2 is 1.83 bits per heavy atom. The standard InChI is InChI=1S/C26H30N4O5/c1-26(2,3)35-25(33)30-12-10-17(11-13-30)15-23(31)28-29-24(32)19-16-21(22-9-6-14-34-22)27-20-8-5-4-7-18(19)20/h4-9,14,16-17H,10-13,15H2,1-3H3,(H,28,31)(H,29,32). The number of para-hydroxylation sites is 1. The smallest absolute Gasteiger partial charge is 0.410 e. The minimum atomic E-state index is -0.537. The van der Waals surface area contributed by atoms with E-state index < -0.39 is 11.5 Å². The molecule has 0 aliphatic carbocycles. The zero-order chi connectivity index (χ0) is 25.0. The molecule has 3 amide bonds. The summed E-state index contributed by atoms with van der Waals surface area (Å²) in [4.78, 5) is 43.9. The van der Waals surface area contributed by atoms with Crippen LogP contribution in [-0.4, -0.2) is 46.5 Å². The molecule has 0 saturated carbocycles. The number of piperidine rings is 1. The van der Waals surface area contributed by atoms with Crippen molar-refractivity contribution in [2.75, 3.05) is 13.1 Å². The number of nitrogens with zero attached hydrogens (tertiary/aromatic N) is 2. The topological polar surface area (TPSA) is 114 Å². The van der Waals surface area contributed by atoms with Gasteiger partial charge in [-0.1, -0.05) is 18.2 Å². The largest absolute Gasteiger partial charge is 0.463 e. The van der Waals surface area contributed by atoms with Gasteiger partial charge in [0.15, 0.2) is 5.76 Å². The molecule has 9 nitrogen and oxygen atoms in total. The number of furan rings is 1. The summed E-state index contributed by atoms with van der Waals surface area (Å²) in [5, 5.41) is 0.670. The van der Waals surface area contributed by atoms with E-state index in [0.717, 1.165) is 0 Å². The average molecular weight is 479 g/mol. The number of hydrogen-bond donors (Lipinski definition) is 2. The third-order valence-corrected chi connectivity index (χ3v) is 5.79. The maximum absolute atomic E-state index is 13.0. The quantitative estimate of drug-likeness (QED) is 0.541. The number of ether oxygens (including phenoxy) is 1. The van der Waals surface area contributed by atoms with E-state index in [0.29, 0.717) is 53.9 Å². The molecule has 35 heavy (non-hydrogen) atoms. The molecule has 3 heterocycles. The van der Waals surface area contributed by atoms with Gasteiger partial charge in [0.1, 0.15) is 11.3 Å². The van der Waals surface area contributed by atoms with Crippen molar-refractivity contribution >= 4 is 28.8 Å². The summed E-state index contributed by atoms with van der Waals surface area (Å²) in [6.45, 7) is 6.59.